The van der Waals surface area contributed by atoms with Crippen LogP contribution >= 0.6 is 0 Å². The summed E-state index contributed by atoms with van der Waals surface area (Å²) in [7, 11) is 2.65. The van der Waals surface area contributed by atoms with Crippen LogP contribution in [0.1, 0.15) is 108 Å². The number of methoxy groups -OCH3 is 2. The first-order valence-electron chi connectivity index (χ1n) is 23.8. The first kappa shape index (κ1) is 44.1. The summed E-state index contributed by atoms with van der Waals surface area (Å²) in [5, 5.41) is 5.78. The molecule has 4 N–H and O–H groups in total. The highest BCUT2D eigenvalue weighted by molar-refractivity contribution is 5.88. The topological polar surface area (TPSA) is 193 Å². The first-order chi connectivity index (χ1) is 32.0. The van der Waals surface area contributed by atoms with Crippen molar-refractivity contribution >= 4 is 24.0 Å². The van der Waals surface area contributed by atoms with Crippen molar-refractivity contribution in [2.75, 3.05) is 34.0 Å². The molecule has 4 amide bonds. The van der Waals surface area contributed by atoms with Gasteiger partial charge in [-0.3, -0.25) is 9.59 Å². The van der Waals surface area contributed by atoms with Crippen molar-refractivity contribution in [3.05, 3.63) is 72.6 Å². The molecule has 350 valence electrons. The normalized spacial score (nSPS) is 27.0. The highest BCUT2D eigenvalue weighted by atomic mass is 16.5. The van der Waals surface area contributed by atoms with Crippen LogP contribution < -0.4 is 10.6 Å². The molecule has 4 aliphatic heterocycles. The zero-order valence-corrected chi connectivity index (χ0v) is 38.3. The Morgan fingerprint density at radius 3 is 1.62 bits per heavy atom. The minimum Gasteiger partial charge on any atom is -0.453 e. The van der Waals surface area contributed by atoms with Crippen LogP contribution in [0.3, 0.4) is 0 Å². The molecule has 2 aromatic heterocycles. The largest absolute Gasteiger partial charge is 0.453 e. The van der Waals surface area contributed by atoms with E-state index < -0.39 is 24.3 Å². The Morgan fingerprint density at radius 1 is 0.667 bits per heavy atom. The lowest BCUT2D eigenvalue weighted by Gasteiger charge is -2.38. The minimum absolute atomic E-state index is 0.0148. The molecule has 2 aromatic carbocycles. The van der Waals surface area contributed by atoms with Crippen LogP contribution in [0.15, 0.2) is 60.9 Å². The summed E-state index contributed by atoms with van der Waals surface area (Å²) in [4.78, 5) is 74.4. The lowest BCUT2D eigenvalue weighted by Crippen LogP contribution is -2.55. The molecule has 4 saturated heterocycles. The summed E-state index contributed by atoms with van der Waals surface area (Å²) >= 11 is 0. The van der Waals surface area contributed by atoms with E-state index in [4.69, 9.17) is 28.9 Å². The molecule has 2 aliphatic carbocycles. The predicted molar refractivity (Wildman–Crippen MR) is 243 cm³/mol. The van der Waals surface area contributed by atoms with Gasteiger partial charge in [0.2, 0.25) is 11.8 Å². The fourth-order valence-electron chi connectivity index (χ4n) is 11.4. The molecule has 10 rings (SSSR count). The van der Waals surface area contributed by atoms with Gasteiger partial charge >= 0.3 is 12.2 Å². The number of amides is 4. The molecule has 6 aliphatic rings. The Bertz CT molecular complexity index is 2260. The quantitative estimate of drug-likeness (QED) is 0.117. The molecule has 0 bridgehead atoms. The molecular weight excluding hydrogens is 841 g/mol. The summed E-state index contributed by atoms with van der Waals surface area (Å²) in [5.41, 5.74) is 5.76. The maximum absolute atomic E-state index is 14.4. The molecule has 16 heteroatoms. The maximum atomic E-state index is 14.4. The number of aromatic amines is 2. The van der Waals surface area contributed by atoms with Gasteiger partial charge in [-0.1, -0.05) is 48.5 Å². The lowest BCUT2D eigenvalue weighted by molar-refractivity contribution is -0.140. The van der Waals surface area contributed by atoms with Gasteiger partial charge in [-0.05, 0) is 118 Å². The van der Waals surface area contributed by atoms with Gasteiger partial charge in [0.15, 0.2) is 0 Å². The van der Waals surface area contributed by atoms with Gasteiger partial charge in [0, 0.05) is 24.6 Å². The van der Waals surface area contributed by atoms with Gasteiger partial charge < -0.3 is 49.3 Å². The zero-order valence-electron chi connectivity index (χ0n) is 38.3. The molecule has 0 radical (unpaired) electrons. The van der Waals surface area contributed by atoms with Crippen LogP contribution in [0.2, 0.25) is 0 Å². The number of ether oxygens (including phenoxy) is 4. The number of imidazole rings is 2. The van der Waals surface area contributed by atoms with Crippen molar-refractivity contribution in [2.45, 2.75) is 126 Å². The van der Waals surface area contributed by atoms with E-state index in [1.165, 1.54) is 14.2 Å². The standard InChI is InChI=1S/C50H62N8O8/c1-29-5-15-39(57(29)45(59)41(55-47(61)63-3)35-17-22-66-50(24-35)20-21-50)43-51-25-37(53-43)33-11-7-31(8-12-33)32-9-13-34(14-10-32)38-26-52-44(54-38)40-16-6-30(2)58(40)46(60)42(56-48(62)64-4)36-23-49(18-19-49)28-65-27-36/h7-14,25-26,29-30,35-36,39-42H,5-6,15-24,27-28H2,1-4H3,(H,51,53)(H,52,54)(H,55,61)(H,56,62)/t29-,30-,35+,36-,39?,40-,41-,42-/m0/s1. The van der Waals surface area contributed by atoms with Crippen molar-refractivity contribution in [3.8, 4) is 33.6 Å². The van der Waals surface area contributed by atoms with E-state index >= 15 is 0 Å². The Kier molecular flexibility index (Phi) is 11.9. The van der Waals surface area contributed by atoms with Crippen LogP contribution in [0.5, 0.6) is 0 Å². The van der Waals surface area contributed by atoms with E-state index in [1.54, 1.807) is 0 Å². The highest BCUT2D eigenvalue weighted by Crippen LogP contribution is 2.54. The number of carbonyl (C=O) groups excluding carboxylic acids is 4. The van der Waals surface area contributed by atoms with Gasteiger partial charge in [0.1, 0.15) is 23.7 Å². The zero-order chi connectivity index (χ0) is 45.7. The third-order valence-corrected chi connectivity index (χ3v) is 15.5. The molecule has 8 atom stereocenters. The monoisotopic (exact) mass is 902 g/mol. The minimum atomic E-state index is -0.745. The number of hydrogen-bond acceptors (Lipinski definition) is 10. The number of likely N-dealkylation sites (tertiary alicyclic amines) is 2. The van der Waals surface area contributed by atoms with Gasteiger partial charge in [0.05, 0.1) is 68.9 Å². The van der Waals surface area contributed by atoms with Gasteiger partial charge in [-0.2, -0.15) is 0 Å². The SMILES string of the molecule is COC(=O)N[C@H](C(=O)N1C(c2ncc(-c3ccc(-c4ccc(-c5cnc([C@@H]6CC[C@H](C)N6C(=O)[C@@H](NC(=O)OC)[C@@H]6COCC7(CC7)C6)[nH]5)cc4)cc3)[nH]2)CC[C@@H]1C)[C@@H]1CCOC2(CC2)C1. The summed E-state index contributed by atoms with van der Waals surface area (Å²) < 4.78 is 22.0. The third kappa shape index (κ3) is 8.69. The fraction of sp³-hybridized carbons (Fsp3) is 0.560. The highest BCUT2D eigenvalue weighted by Gasteiger charge is 2.53. The number of H-pyrrole nitrogens is 2. The predicted octanol–water partition coefficient (Wildman–Crippen LogP) is 7.46. The Balaban J connectivity index is 0.802. The number of alkyl carbamates (subject to hydrolysis) is 2. The molecular formula is C50H62N8O8. The van der Waals surface area contributed by atoms with E-state index in [0.717, 1.165) is 109 Å². The van der Waals surface area contributed by atoms with Crippen LogP contribution in [-0.4, -0.2) is 118 Å². The Morgan fingerprint density at radius 2 is 1.15 bits per heavy atom. The number of carbonyl (C=O) groups is 4. The van der Waals surface area contributed by atoms with Crippen molar-refractivity contribution in [3.63, 3.8) is 0 Å². The van der Waals surface area contributed by atoms with Crippen molar-refractivity contribution in [1.82, 2.24) is 40.4 Å². The van der Waals surface area contributed by atoms with Gasteiger partial charge in [0.25, 0.3) is 0 Å². The number of nitrogens with zero attached hydrogens (tertiary/aromatic N) is 4. The number of aromatic nitrogens is 4. The average Bonchev–Trinajstić information content (AvgIpc) is 3.87. The average molecular weight is 903 g/mol. The molecule has 2 saturated carbocycles. The van der Waals surface area contributed by atoms with E-state index in [1.807, 2.05) is 22.2 Å². The number of benzene rings is 2. The summed E-state index contributed by atoms with van der Waals surface area (Å²) in [6, 6.07) is 14.7. The molecule has 4 aromatic rings. The third-order valence-electron chi connectivity index (χ3n) is 15.5. The van der Waals surface area contributed by atoms with Crippen molar-refractivity contribution < 1.29 is 38.1 Å². The molecule has 6 heterocycles. The summed E-state index contributed by atoms with van der Waals surface area (Å²) in [5.74, 6) is 1.07. The van der Waals surface area contributed by atoms with E-state index in [0.29, 0.717) is 26.2 Å². The molecule has 1 unspecified atom stereocenters. The van der Waals surface area contributed by atoms with Crippen molar-refractivity contribution in [2.24, 2.45) is 17.3 Å². The van der Waals surface area contributed by atoms with Crippen molar-refractivity contribution in [1.29, 1.82) is 0 Å². The van der Waals surface area contributed by atoms with E-state index in [2.05, 4.69) is 83.0 Å². The smallest absolute Gasteiger partial charge is 0.407 e. The molecule has 16 nitrogen and oxygen atoms in total. The van der Waals surface area contributed by atoms with E-state index in [9.17, 15) is 19.2 Å². The second-order valence-electron chi connectivity index (χ2n) is 19.9. The fourth-order valence-corrected chi connectivity index (χ4v) is 11.4. The maximum Gasteiger partial charge on any atom is 0.407 e. The molecule has 6 fully saturated rings. The van der Waals surface area contributed by atoms with E-state index in [-0.39, 0.29) is 58.8 Å². The second kappa shape index (κ2) is 17.8. The van der Waals surface area contributed by atoms with Crippen LogP contribution in [0.25, 0.3) is 33.6 Å². The van der Waals surface area contributed by atoms with Crippen LogP contribution in [0, 0.1) is 17.3 Å². The van der Waals surface area contributed by atoms with Gasteiger partial charge in [-0.25, -0.2) is 19.6 Å². The Hall–Kier alpha value is -5.74. The number of hydrogen-bond donors (Lipinski definition) is 4. The number of rotatable bonds is 11. The molecule has 66 heavy (non-hydrogen) atoms. The summed E-state index contributed by atoms with van der Waals surface area (Å²) in [6.45, 7) is 5.84. The van der Waals surface area contributed by atoms with Crippen LogP contribution in [0.4, 0.5) is 9.59 Å². The second-order valence-corrected chi connectivity index (χ2v) is 19.9. The Labute approximate surface area is 385 Å². The number of nitrogens with one attached hydrogen (secondary N) is 4. The van der Waals surface area contributed by atoms with Gasteiger partial charge in [-0.15, -0.1) is 0 Å². The lowest BCUT2D eigenvalue weighted by atomic mass is 9.84. The van der Waals surface area contributed by atoms with Crippen LogP contribution in [-0.2, 0) is 28.5 Å². The first-order valence-corrected chi connectivity index (χ1v) is 23.8. The molecule has 2 spiro atoms. The summed E-state index contributed by atoms with van der Waals surface area (Å²) in [6.07, 6.45) is 12.1.